The summed E-state index contributed by atoms with van der Waals surface area (Å²) < 4.78 is 6.34. The number of anilines is 2. The molecule has 2 aromatic heterocycles. The van der Waals surface area contributed by atoms with Crippen molar-refractivity contribution in [1.82, 2.24) is 14.7 Å². The Bertz CT molecular complexity index is 1450. The summed E-state index contributed by atoms with van der Waals surface area (Å²) in [6.07, 6.45) is 1.37. The number of carbonyl (C=O) groups is 1. The molecule has 2 heterocycles. The van der Waals surface area contributed by atoms with Crippen LogP contribution in [0.3, 0.4) is 0 Å². The van der Waals surface area contributed by atoms with E-state index in [0.29, 0.717) is 23.3 Å². The van der Waals surface area contributed by atoms with Crippen LogP contribution in [0.15, 0.2) is 65.7 Å². The Balaban J connectivity index is 1.77. The molecule has 0 saturated carbocycles. The standard InChI is InChI=1S/C29H33N5O4/c1-5-33(6-2)23-15-13-21(14-16-23)17-30-26-24-20(4)31-19-32-27(24)34(28(35)25(26)29(36)37-7-3)38-18-22-11-9-8-10-12-22/h8-16,19,30H,5-7,17-18H2,1-4H3. The van der Waals surface area contributed by atoms with Gasteiger partial charge in [-0.15, -0.1) is 4.73 Å². The van der Waals surface area contributed by atoms with Gasteiger partial charge in [-0.25, -0.2) is 14.8 Å². The first-order chi connectivity index (χ1) is 18.5. The average Bonchev–Trinajstić information content (AvgIpc) is 2.93. The first-order valence-corrected chi connectivity index (χ1v) is 12.8. The summed E-state index contributed by atoms with van der Waals surface area (Å²) in [5.41, 5.74) is 3.39. The van der Waals surface area contributed by atoms with E-state index in [-0.39, 0.29) is 24.4 Å². The molecule has 2 aromatic carbocycles. The van der Waals surface area contributed by atoms with Gasteiger partial charge in [0.05, 0.1) is 23.4 Å². The minimum atomic E-state index is -0.737. The number of benzene rings is 2. The van der Waals surface area contributed by atoms with Gasteiger partial charge in [0, 0.05) is 25.3 Å². The molecule has 9 heteroatoms. The van der Waals surface area contributed by atoms with Crippen molar-refractivity contribution in [2.75, 3.05) is 29.9 Å². The van der Waals surface area contributed by atoms with Gasteiger partial charge in [-0.05, 0) is 51.0 Å². The molecule has 0 saturated heterocycles. The van der Waals surface area contributed by atoms with Gasteiger partial charge in [0.25, 0.3) is 0 Å². The highest BCUT2D eigenvalue weighted by Gasteiger charge is 2.26. The minimum Gasteiger partial charge on any atom is -0.462 e. The maximum atomic E-state index is 13.7. The van der Waals surface area contributed by atoms with Crippen LogP contribution in [-0.2, 0) is 17.9 Å². The maximum Gasteiger partial charge on any atom is 0.346 e. The number of hydrogen-bond donors (Lipinski definition) is 1. The number of pyridine rings is 1. The predicted molar refractivity (Wildman–Crippen MR) is 149 cm³/mol. The van der Waals surface area contributed by atoms with Gasteiger partial charge >= 0.3 is 11.5 Å². The summed E-state index contributed by atoms with van der Waals surface area (Å²) in [5.74, 6) is -0.737. The number of hydrogen-bond acceptors (Lipinski definition) is 8. The van der Waals surface area contributed by atoms with E-state index >= 15 is 0 Å². The van der Waals surface area contributed by atoms with Crippen LogP contribution in [0.4, 0.5) is 11.4 Å². The molecule has 198 valence electrons. The van der Waals surface area contributed by atoms with Crippen molar-refractivity contribution in [2.45, 2.75) is 40.8 Å². The van der Waals surface area contributed by atoms with Gasteiger partial charge in [-0.3, -0.25) is 4.79 Å². The molecule has 0 bridgehead atoms. The third-order valence-corrected chi connectivity index (χ3v) is 6.32. The third kappa shape index (κ3) is 5.61. The zero-order chi connectivity index (χ0) is 27.1. The Morgan fingerprint density at radius 1 is 0.974 bits per heavy atom. The number of rotatable bonds is 11. The fourth-order valence-electron chi connectivity index (χ4n) is 4.34. The lowest BCUT2D eigenvalue weighted by molar-refractivity contribution is 0.0513. The number of aryl methyl sites for hydroxylation is 1. The molecule has 0 unspecified atom stereocenters. The van der Waals surface area contributed by atoms with Crippen LogP contribution in [0.5, 0.6) is 0 Å². The van der Waals surface area contributed by atoms with Gasteiger partial charge in [-0.1, -0.05) is 42.5 Å². The molecule has 0 aliphatic heterocycles. The summed E-state index contributed by atoms with van der Waals surface area (Å²) in [6, 6.07) is 17.6. The summed E-state index contributed by atoms with van der Waals surface area (Å²) in [5, 5.41) is 3.82. The van der Waals surface area contributed by atoms with Crippen molar-refractivity contribution < 1.29 is 14.4 Å². The van der Waals surface area contributed by atoms with Crippen LogP contribution in [0, 0.1) is 6.92 Å². The van der Waals surface area contributed by atoms with Crippen molar-refractivity contribution in [1.29, 1.82) is 0 Å². The second-order valence-electron chi connectivity index (χ2n) is 8.68. The topological polar surface area (TPSA) is 98.6 Å². The fraction of sp³-hybridized carbons (Fsp3) is 0.310. The number of aromatic nitrogens is 3. The average molecular weight is 516 g/mol. The molecule has 0 spiro atoms. The zero-order valence-corrected chi connectivity index (χ0v) is 22.2. The molecular weight excluding hydrogens is 482 g/mol. The summed E-state index contributed by atoms with van der Waals surface area (Å²) >= 11 is 0. The summed E-state index contributed by atoms with van der Waals surface area (Å²) in [7, 11) is 0. The van der Waals surface area contributed by atoms with Gasteiger partial charge in [-0.2, -0.15) is 0 Å². The highest BCUT2D eigenvalue weighted by Crippen LogP contribution is 2.27. The van der Waals surface area contributed by atoms with Crippen molar-refractivity contribution in [3.63, 3.8) is 0 Å². The van der Waals surface area contributed by atoms with E-state index in [0.717, 1.165) is 34.6 Å². The molecule has 0 aliphatic carbocycles. The van der Waals surface area contributed by atoms with Crippen LogP contribution < -0.4 is 20.6 Å². The normalized spacial score (nSPS) is 10.8. The largest absolute Gasteiger partial charge is 0.462 e. The number of fused-ring (bicyclic) bond motifs is 1. The second kappa shape index (κ2) is 12.2. The number of nitrogens with zero attached hydrogens (tertiary/aromatic N) is 4. The van der Waals surface area contributed by atoms with Crippen LogP contribution >= 0.6 is 0 Å². The molecular formula is C29H33N5O4. The van der Waals surface area contributed by atoms with E-state index in [1.807, 2.05) is 42.5 Å². The van der Waals surface area contributed by atoms with Crippen LogP contribution in [0.2, 0.25) is 0 Å². The van der Waals surface area contributed by atoms with Crippen molar-refractivity contribution in [3.8, 4) is 0 Å². The SMILES string of the molecule is CCOC(=O)c1c(NCc2ccc(N(CC)CC)cc2)c2c(C)ncnc2n(OCc2ccccc2)c1=O. The van der Waals surface area contributed by atoms with Gasteiger partial charge in [0.2, 0.25) is 0 Å². The minimum absolute atomic E-state index is 0.118. The molecule has 0 fully saturated rings. The smallest absolute Gasteiger partial charge is 0.346 e. The van der Waals surface area contributed by atoms with Gasteiger partial charge in [0.1, 0.15) is 12.9 Å². The van der Waals surface area contributed by atoms with E-state index < -0.39 is 11.5 Å². The first kappa shape index (κ1) is 26.7. The summed E-state index contributed by atoms with van der Waals surface area (Å²) in [4.78, 5) is 43.6. The third-order valence-electron chi connectivity index (χ3n) is 6.32. The van der Waals surface area contributed by atoms with Crippen molar-refractivity contribution >= 4 is 28.4 Å². The molecule has 4 aromatic rings. The quantitative estimate of drug-likeness (QED) is 0.294. The predicted octanol–water partition coefficient (Wildman–Crippen LogP) is 4.36. The summed E-state index contributed by atoms with van der Waals surface area (Å²) in [6.45, 7) is 10.2. The molecule has 38 heavy (non-hydrogen) atoms. The lowest BCUT2D eigenvalue weighted by Crippen LogP contribution is -2.34. The number of esters is 1. The van der Waals surface area contributed by atoms with E-state index in [4.69, 9.17) is 9.57 Å². The Morgan fingerprint density at radius 2 is 1.68 bits per heavy atom. The monoisotopic (exact) mass is 515 g/mol. The number of nitrogens with one attached hydrogen (secondary N) is 1. The highest BCUT2D eigenvalue weighted by molar-refractivity contribution is 6.04. The van der Waals surface area contributed by atoms with Crippen LogP contribution in [0.1, 0.15) is 48.0 Å². The van der Waals surface area contributed by atoms with E-state index in [2.05, 4.69) is 46.2 Å². The number of ether oxygens (including phenoxy) is 1. The van der Waals surface area contributed by atoms with E-state index in [9.17, 15) is 9.59 Å². The highest BCUT2D eigenvalue weighted by atomic mass is 16.7. The molecule has 9 nitrogen and oxygen atoms in total. The second-order valence-corrected chi connectivity index (χ2v) is 8.68. The van der Waals surface area contributed by atoms with Gasteiger partial charge in [0.15, 0.2) is 11.2 Å². The Labute approximate surface area is 222 Å². The number of carbonyl (C=O) groups excluding carboxylic acids is 1. The maximum absolute atomic E-state index is 13.7. The lowest BCUT2D eigenvalue weighted by atomic mass is 10.1. The van der Waals surface area contributed by atoms with E-state index in [1.54, 1.807) is 13.8 Å². The van der Waals surface area contributed by atoms with E-state index in [1.165, 1.54) is 6.33 Å². The van der Waals surface area contributed by atoms with Crippen LogP contribution in [-0.4, -0.2) is 40.4 Å². The Hall–Kier alpha value is -4.40. The Kier molecular flexibility index (Phi) is 8.58. The molecule has 0 amide bonds. The molecule has 4 rings (SSSR count). The van der Waals surface area contributed by atoms with Crippen molar-refractivity contribution in [2.24, 2.45) is 0 Å². The Morgan fingerprint density at radius 3 is 2.34 bits per heavy atom. The molecule has 0 atom stereocenters. The van der Waals surface area contributed by atoms with Gasteiger partial charge < -0.3 is 19.8 Å². The lowest BCUT2D eigenvalue weighted by Gasteiger charge is -2.21. The molecule has 0 aliphatic rings. The molecule has 1 N–H and O–H groups in total. The fourth-order valence-corrected chi connectivity index (χ4v) is 4.34. The molecule has 0 radical (unpaired) electrons. The first-order valence-electron chi connectivity index (χ1n) is 12.8. The zero-order valence-electron chi connectivity index (χ0n) is 22.2. The van der Waals surface area contributed by atoms with Crippen molar-refractivity contribution in [3.05, 3.63) is 93.7 Å². The van der Waals surface area contributed by atoms with Crippen LogP contribution in [0.25, 0.3) is 11.0 Å².